The second-order valence-electron chi connectivity index (χ2n) is 24.4. The number of sulfonamides is 1. The van der Waals surface area contributed by atoms with Gasteiger partial charge in [-0.15, -0.1) is 0 Å². The summed E-state index contributed by atoms with van der Waals surface area (Å²) in [6.07, 6.45) is 11.6. The van der Waals surface area contributed by atoms with Gasteiger partial charge < -0.3 is 44.4 Å². The molecule has 5 rings (SSSR count). The molecule has 524 valence electrons. The van der Waals surface area contributed by atoms with Crippen molar-refractivity contribution in [3.63, 3.8) is 0 Å². The van der Waals surface area contributed by atoms with Gasteiger partial charge in [0.2, 0.25) is 11.8 Å². The average molecular weight is 1360 g/mol. The molecule has 1 aromatic heterocycles. The number of ether oxygens (including phenoxy) is 6. The Bertz CT molecular complexity index is 2770. The van der Waals surface area contributed by atoms with E-state index in [-0.39, 0.29) is 55.3 Å². The Morgan fingerprint density at radius 3 is 1.74 bits per heavy atom. The van der Waals surface area contributed by atoms with Gasteiger partial charge in [-0.3, -0.25) is 14.6 Å². The van der Waals surface area contributed by atoms with E-state index in [4.69, 9.17) is 56.6 Å². The lowest BCUT2D eigenvalue weighted by Crippen LogP contribution is -2.47. The Balaban J connectivity index is 0.00000127. The highest BCUT2D eigenvalue weighted by Crippen LogP contribution is 2.41. The second kappa shape index (κ2) is 44.2. The van der Waals surface area contributed by atoms with E-state index in [2.05, 4.69) is 29.0 Å². The lowest BCUT2D eigenvalue weighted by atomic mass is 9.84. The van der Waals surface area contributed by atoms with Crippen molar-refractivity contribution in [1.29, 1.82) is 0 Å². The molecule has 1 aliphatic rings. The molecule has 21 heteroatoms. The number of rotatable bonds is 35. The normalized spacial score (nSPS) is 13.4. The van der Waals surface area contributed by atoms with Gasteiger partial charge >= 0.3 is 15.5 Å². The Hall–Kier alpha value is -4.57. The molecule has 1 aliphatic heterocycles. The van der Waals surface area contributed by atoms with Gasteiger partial charge in [-0.1, -0.05) is 122 Å². The van der Waals surface area contributed by atoms with E-state index in [1.165, 1.54) is 0 Å². The molecule has 0 radical (unpaired) electrons. The van der Waals surface area contributed by atoms with E-state index in [9.17, 15) is 31.2 Å². The predicted octanol–water partition coefficient (Wildman–Crippen LogP) is 17.3. The number of amides is 2. The van der Waals surface area contributed by atoms with Gasteiger partial charge in [0, 0.05) is 110 Å². The fourth-order valence-corrected chi connectivity index (χ4v) is 10.5. The molecule has 3 aromatic carbocycles. The first-order valence-electron chi connectivity index (χ1n) is 33.1. The van der Waals surface area contributed by atoms with Crippen LogP contribution in [0.3, 0.4) is 0 Å². The van der Waals surface area contributed by atoms with Gasteiger partial charge in [0.15, 0.2) is 0 Å². The molecular formula is C71H114Cl2F3N5O10S. The van der Waals surface area contributed by atoms with Crippen LogP contribution in [0, 0.1) is 5.41 Å². The van der Waals surface area contributed by atoms with Gasteiger partial charge in [0.25, 0.3) is 0 Å². The number of carbonyl (C=O) groups excluding carboxylic acids is 2. The van der Waals surface area contributed by atoms with E-state index in [1.54, 1.807) is 12.3 Å². The number of hydrogen-bond donors (Lipinski definition) is 3. The minimum atomic E-state index is -5.43. The van der Waals surface area contributed by atoms with Crippen molar-refractivity contribution in [3.8, 4) is 5.75 Å². The largest absolute Gasteiger partial charge is 0.511 e. The number of benzene rings is 3. The molecule has 0 aliphatic carbocycles. The van der Waals surface area contributed by atoms with Crippen LogP contribution in [-0.4, -0.2) is 137 Å². The van der Waals surface area contributed by atoms with Crippen molar-refractivity contribution < 1.29 is 59.6 Å². The van der Waals surface area contributed by atoms with Crippen LogP contribution in [0.5, 0.6) is 5.75 Å². The Kier molecular flexibility index (Phi) is 41.1. The summed E-state index contributed by atoms with van der Waals surface area (Å²) in [5.41, 5.74) is -3.26. The third-order valence-electron chi connectivity index (χ3n) is 14.4. The monoisotopic (exact) mass is 1360 g/mol. The molecule has 0 saturated carbocycles. The number of fused-ring (bicyclic) bond motifs is 1. The first-order chi connectivity index (χ1) is 43.5. The summed E-state index contributed by atoms with van der Waals surface area (Å²) >= 11 is 12.7. The fraction of sp³-hybridized carbons (Fsp3) is 0.648. The molecule has 1 saturated heterocycles. The lowest BCUT2D eigenvalue weighted by molar-refractivity contribution is -0.131. The summed E-state index contributed by atoms with van der Waals surface area (Å²) in [5.74, 6) is 0.235. The summed E-state index contributed by atoms with van der Waals surface area (Å²) in [5, 5.41) is 11.3. The van der Waals surface area contributed by atoms with Crippen LogP contribution in [0.4, 0.5) is 18.9 Å². The molecule has 1 fully saturated rings. The highest BCUT2D eigenvalue weighted by molar-refractivity contribution is 7.90. The Morgan fingerprint density at radius 1 is 0.674 bits per heavy atom. The maximum atomic E-state index is 13.3. The standard InChI is InChI=1S/C47H61Cl2F3N4O7S.C18H35NO3.3C2H6/c1-6-26-60-29-30-61-27-7-22-53-42(57)16-20-45(2,3)62-28-21-46(4,5)63-41-32-35(43(33-8-12-36(48)13-9-33)34-10-14-37(49)15-11-34)31-39-40(17-23-54-44(39)41)55-38-18-24-56(25-19-38)64(58,59)47(50,51)52;1-7-8-9-13-21-14-10-12-19-16(20)18(5,6)11-15-22-17(2,3)4;3*1-2/h8-15,17,23,31-32,38,43H,6-7,16,18-22,24-30H2,1-5H3,(H,53,57)(H,54,55);7-8H,9-15H2,1-6H3,(H,19,20);3*1-2H3/b;8-7+;;;. The number of carbonyl (C=O) groups is 2. The highest BCUT2D eigenvalue weighted by Gasteiger charge is 2.50. The molecule has 3 N–H and O–H groups in total. The van der Waals surface area contributed by atoms with Crippen LogP contribution >= 0.6 is 23.2 Å². The maximum Gasteiger partial charge on any atom is 0.511 e. The number of anilines is 1. The van der Waals surface area contributed by atoms with Crippen LogP contribution in [-0.2, 0) is 43.3 Å². The number of pyridine rings is 1. The average Bonchev–Trinajstić information content (AvgIpc) is 0.774. The minimum Gasteiger partial charge on any atom is -0.485 e. The number of allylic oxidation sites excluding steroid dienone is 1. The van der Waals surface area contributed by atoms with Crippen LogP contribution in [0.2, 0.25) is 10.0 Å². The molecule has 92 heavy (non-hydrogen) atoms. The number of nitrogens with zero attached hydrogens (tertiary/aromatic N) is 2. The van der Waals surface area contributed by atoms with E-state index < -0.39 is 32.1 Å². The van der Waals surface area contributed by atoms with Gasteiger partial charge in [0.05, 0.1) is 37.6 Å². The fourth-order valence-electron chi connectivity index (χ4n) is 9.24. The van der Waals surface area contributed by atoms with E-state index in [1.807, 2.05) is 178 Å². The van der Waals surface area contributed by atoms with E-state index in [0.717, 1.165) is 55.6 Å². The number of nitrogens with one attached hydrogen (secondary N) is 3. The van der Waals surface area contributed by atoms with Gasteiger partial charge in [-0.2, -0.15) is 17.5 Å². The Labute approximate surface area is 561 Å². The zero-order valence-corrected chi connectivity index (χ0v) is 60.9. The first kappa shape index (κ1) is 85.4. The molecule has 15 nitrogen and oxygen atoms in total. The quantitative estimate of drug-likeness (QED) is 0.0226. The van der Waals surface area contributed by atoms with Gasteiger partial charge in [-0.25, -0.2) is 8.42 Å². The smallest absolute Gasteiger partial charge is 0.485 e. The number of hydrogen-bond acceptors (Lipinski definition) is 12. The molecule has 4 aromatic rings. The highest BCUT2D eigenvalue weighted by atomic mass is 35.5. The van der Waals surface area contributed by atoms with E-state index in [0.29, 0.717) is 115 Å². The summed E-state index contributed by atoms with van der Waals surface area (Å²) in [4.78, 5) is 29.6. The summed E-state index contributed by atoms with van der Waals surface area (Å²) in [6.45, 7) is 39.3. The van der Waals surface area contributed by atoms with E-state index >= 15 is 0 Å². The maximum absolute atomic E-state index is 13.3. The molecular weight excluding hydrogens is 1240 g/mol. The van der Waals surface area contributed by atoms with Crippen LogP contribution in [0.15, 0.2) is 85.1 Å². The molecule has 0 atom stereocenters. The molecule has 2 amide bonds. The van der Waals surface area contributed by atoms with Crippen molar-refractivity contribution in [2.24, 2.45) is 5.41 Å². The number of alkyl halides is 3. The van der Waals surface area contributed by atoms with Gasteiger partial charge in [-0.05, 0) is 166 Å². The van der Waals surface area contributed by atoms with Gasteiger partial charge in [0.1, 0.15) is 16.9 Å². The number of halogens is 5. The molecule has 2 heterocycles. The van der Waals surface area contributed by atoms with Crippen molar-refractivity contribution in [1.82, 2.24) is 19.9 Å². The SMILES string of the molecule is C/C=C/CCOCCCNC(=O)C(C)(C)CCOC(C)(C)C.CC.CC.CC.CCCOCCOCCCNC(=O)CCC(C)(C)OCCC(C)(C)Oc1cc(C(c2ccc(Cl)cc2)c2ccc(Cl)cc2)cc2c(NC3CCN(S(=O)(=O)C(F)(F)F)CC3)ccnc12. The second-order valence-corrected chi connectivity index (χ2v) is 27.2. The summed E-state index contributed by atoms with van der Waals surface area (Å²) < 4.78 is 100. The van der Waals surface area contributed by atoms with Crippen LogP contribution in [0.25, 0.3) is 10.9 Å². The Morgan fingerprint density at radius 2 is 1.21 bits per heavy atom. The van der Waals surface area contributed by atoms with Crippen LogP contribution < -0.4 is 20.7 Å². The van der Waals surface area contributed by atoms with Crippen LogP contribution in [0.1, 0.15) is 205 Å². The lowest BCUT2D eigenvalue weighted by Gasteiger charge is -2.33. The number of aromatic nitrogens is 1. The molecule has 0 spiro atoms. The third-order valence-corrected chi connectivity index (χ3v) is 16.5. The minimum absolute atomic E-state index is 0.0462. The van der Waals surface area contributed by atoms with Crippen molar-refractivity contribution in [2.75, 3.05) is 84.4 Å². The molecule has 0 bridgehead atoms. The summed E-state index contributed by atoms with van der Waals surface area (Å²) in [7, 11) is -5.43. The van der Waals surface area contributed by atoms with Crippen molar-refractivity contribution >= 4 is 61.6 Å². The topological polar surface area (TPSA) is 176 Å². The predicted molar refractivity (Wildman–Crippen MR) is 373 cm³/mol. The number of piperidine rings is 1. The van der Waals surface area contributed by atoms with Crippen molar-refractivity contribution in [3.05, 3.63) is 112 Å². The third kappa shape index (κ3) is 32.7. The molecule has 0 unspecified atom stereocenters. The first-order valence-corrected chi connectivity index (χ1v) is 35.3. The summed E-state index contributed by atoms with van der Waals surface area (Å²) in [6, 6.07) is 20.7. The zero-order chi connectivity index (χ0) is 69.6. The van der Waals surface area contributed by atoms with Crippen molar-refractivity contribution in [2.45, 2.75) is 216 Å². The zero-order valence-electron chi connectivity index (χ0n) is 58.6.